The zero-order chi connectivity index (χ0) is 22.2. The fraction of sp³-hybridized carbons (Fsp3) is 0.167. The lowest BCUT2D eigenvalue weighted by Gasteiger charge is -2.11. The molecular weight excluding hydrogens is 402 g/mol. The molecule has 160 valence electrons. The Morgan fingerprint density at radius 1 is 1.06 bits per heavy atom. The van der Waals surface area contributed by atoms with Crippen molar-refractivity contribution in [2.75, 3.05) is 11.5 Å². The maximum absolute atomic E-state index is 6.21. The number of nitrogens with one attached hydrogen (secondary N) is 1. The minimum Gasteiger partial charge on any atom is -0.489 e. The van der Waals surface area contributed by atoms with Crippen LogP contribution in [0, 0.1) is 0 Å². The van der Waals surface area contributed by atoms with E-state index in [9.17, 15) is 0 Å². The second kappa shape index (κ2) is 7.81. The van der Waals surface area contributed by atoms with Gasteiger partial charge in [0.25, 0.3) is 0 Å². The van der Waals surface area contributed by atoms with Crippen molar-refractivity contribution in [1.82, 2.24) is 24.9 Å². The van der Waals surface area contributed by atoms with Gasteiger partial charge in [-0.25, -0.2) is 9.97 Å². The second-order valence-electron chi connectivity index (χ2n) is 8.03. The third kappa shape index (κ3) is 3.56. The number of ether oxygens (including phenoxy) is 1. The fourth-order valence-corrected chi connectivity index (χ4v) is 3.70. The van der Waals surface area contributed by atoms with E-state index in [0.717, 1.165) is 50.2 Å². The molecule has 0 bridgehead atoms. The summed E-state index contributed by atoms with van der Waals surface area (Å²) in [5.41, 5.74) is 18.9. The molecule has 0 unspecified atom stereocenters. The SMILES string of the molecule is CC(C)c1cc(N)c2ccc(OCc3cncc(-c4c[nH]c5c(N)ncnc45)c3)cc2n1. The molecule has 5 N–H and O–H groups in total. The van der Waals surface area contributed by atoms with Gasteiger partial charge in [0.05, 0.1) is 5.52 Å². The first-order valence-electron chi connectivity index (χ1n) is 10.3. The van der Waals surface area contributed by atoms with E-state index < -0.39 is 0 Å². The third-order valence-corrected chi connectivity index (χ3v) is 5.43. The molecule has 0 aliphatic rings. The molecule has 5 rings (SSSR count). The van der Waals surface area contributed by atoms with E-state index >= 15 is 0 Å². The van der Waals surface area contributed by atoms with Gasteiger partial charge in [-0.15, -0.1) is 0 Å². The number of aromatic nitrogens is 5. The molecule has 1 aromatic carbocycles. The number of hydrogen-bond acceptors (Lipinski definition) is 7. The molecule has 4 heterocycles. The number of pyridine rings is 2. The Balaban J connectivity index is 1.40. The van der Waals surface area contributed by atoms with E-state index in [0.29, 0.717) is 23.9 Å². The molecular formula is C24H23N7O. The Bertz CT molecular complexity index is 1440. The summed E-state index contributed by atoms with van der Waals surface area (Å²) in [6.07, 6.45) is 6.90. The number of H-pyrrole nitrogens is 1. The molecule has 0 radical (unpaired) electrons. The van der Waals surface area contributed by atoms with E-state index in [1.54, 1.807) is 12.4 Å². The molecule has 0 aliphatic heterocycles. The quantitative estimate of drug-likeness (QED) is 0.380. The number of hydrogen-bond donors (Lipinski definition) is 3. The number of nitrogen functional groups attached to an aromatic ring is 2. The topological polar surface area (TPSA) is 129 Å². The summed E-state index contributed by atoms with van der Waals surface area (Å²) < 4.78 is 6.05. The number of benzene rings is 1. The Morgan fingerprint density at radius 2 is 1.94 bits per heavy atom. The van der Waals surface area contributed by atoms with Crippen LogP contribution in [0.4, 0.5) is 11.5 Å². The van der Waals surface area contributed by atoms with Gasteiger partial charge >= 0.3 is 0 Å². The molecule has 8 heteroatoms. The zero-order valence-electron chi connectivity index (χ0n) is 17.8. The maximum Gasteiger partial charge on any atom is 0.151 e. The largest absolute Gasteiger partial charge is 0.489 e. The highest BCUT2D eigenvalue weighted by Gasteiger charge is 2.12. The number of nitrogens with two attached hydrogens (primary N) is 2. The van der Waals surface area contributed by atoms with E-state index in [1.807, 2.05) is 36.5 Å². The highest BCUT2D eigenvalue weighted by molar-refractivity contribution is 5.96. The monoisotopic (exact) mass is 425 g/mol. The molecule has 0 saturated heterocycles. The summed E-state index contributed by atoms with van der Waals surface area (Å²) in [5, 5.41) is 0.922. The lowest BCUT2D eigenvalue weighted by Crippen LogP contribution is -1.99. The van der Waals surface area contributed by atoms with Crippen LogP contribution in [0.5, 0.6) is 5.75 Å². The Kier molecular flexibility index (Phi) is 4.82. The van der Waals surface area contributed by atoms with Crippen molar-refractivity contribution in [2.45, 2.75) is 26.4 Å². The van der Waals surface area contributed by atoms with Gasteiger partial charge in [0.15, 0.2) is 5.82 Å². The van der Waals surface area contributed by atoms with Crippen LogP contribution in [-0.4, -0.2) is 24.9 Å². The van der Waals surface area contributed by atoms with Crippen molar-refractivity contribution in [3.63, 3.8) is 0 Å². The molecule has 5 aromatic rings. The van der Waals surface area contributed by atoms with Gasteiger partial charge in [-0.05, 0) is 30.2 Å². The smallest absolute Gasteiger partial charge is 0.151 e. The highest BCUT2D eigenvalue weighted by Crippen LogP contribution is 2.30. The third-order valence-electron chi connectivity index (χ3n) is 5.43. The molecule has 32 heavy (non-hydrogen) atoms. The van der Waals surface area contributed by atoms with Gasteiger partial charge in [-0.1, -0.05) is 13.8 Å². The van der Waals surface area contributed by atoms with Crippen LogP contribution in [0.2, 0.25) is 0 Å². The first-order valence-corrected chi connectivity index (χ1v) is 10.3. The van der Waals surface area contributed by atoms with E-state index in [1.165, 1.54) is 6.33 Å². The Morgan fingerprint density at radius 3 is 2.78 bits per heavy atom. The predicted octanol–water partition coefficient (Wildman–Crippen LogP) is 4.43. The van der Waals surface area contributed by atoms with Crippen LogP contribution in [0.3, 0.4) is 0 Å². The van der Waals surface area contributed by atoms with E-state index in [2.05, 4.69) is 33.8 Å². The van der Waals surface area contributed by atoms with Gasteiger partial charge in [0.1, 0.15) is 29.7 Å². The second-order valence-corrected chi connectivity index (χ2v) is 8.03. The van der Waals surface area contributed by atoms with Crippen molar-refractivity contribution in [2.24, 2.45) is 0 Å². The summed E-state index contributed by atoms with van der Waals surface area (Å²) in [5.74, 6) is 1.44. The summed E-state index contributed by atoms with van der Waals surface area (Å²) in [7, 11) is 0. The number of aromatic amines is 1. The first-order chi connectivity index (χ1) is 15.5. The molecule has 4 aromatic heterocycles. The molecule has 8 nitrogen and oxygen atoms in total. The maximum atomic E-state index is 6.21. The lowest BCUT2D eigenvalue weighted by atomic mass is 10.1. The molecule has 0 atom stereocenters. The first kappa shape index (κ1) is 19.7. The molecule has 0 amide bonds. The summed E-state index contributed by atoms with van der Waals surface area (Å²) >= 11 is 0. The number of rotatable bonds is 5. The summed E-state index contributed by atoms with van der Waals surface area (Å²) in [6, 6.07) is 9.75. The Labute approximate surface area is 184 Å². The van der Waals surface area contributed by atoms with Crippen LogP contribution in [-0.2, 0) is 6.61 Å². The minimum absolute atomic E-state index is 0.297. The molecule has 0 aliphatic carbocycles. The normalized spacial score (nSPS) is 11.5. The zero-order valence-corrected chi connectivity index (χ0v) is 17.8. The number of fused-ring (bicyclic) bond motifs is 2. The van der Waals surface area contributed by atoms with Crippen molar-refractivity contribution in [3.05, 3.63) is 66.5 Å². The average molecular weight is 425 g/mol. The minimum atomic E-state index is 0.297. The van der Waals surface area contributed by atoms with Crippen molar-refractivity contribution in [1.29, 1.82) is 0 Å². The number of nitrogens with zero attached hydrogens (tertiary/aromatic N) is 4. The van der Waals surface area contributed by atoms with Gasteiger partial charge < -0.3 is 21.2 Å². The lowest BCUT2D eigenvalue weighted by molar-refractivity contribution is 0.306. The molecule has 0 saturated carbocycles. The number of anilines is 2. The van der Waals surface area contributed by atoms with E-state index in [-0.39, 0.29) is 0 Å². The van der Waals surface area contributed by atoms with Crippen LogP contribution >= 0.6 is 0 Å². The fourth-order valence-electron chi connectivity index (χ4n) is 3.70. The summed E-state index contributed by atoms with van der Waals surface area (Å²) in [6.45, 7) is 4.56. The summed E-state index contributed by atoms with van der Waals surface area (Å²) in [4.78, 5) is 20.6. The van der Waals surface area contributed by atoms with Gasteiger partial charge in [-0.3, -0.25) is 9.97 Å². The molecule has 0 fully saturated rings. The molecule has 0 spiro atoms. The van der Waals surface area contributed by atoms with Gasteiger partial charge in [0, 0.05) is 58.1 Å². The average Bonchev–Trinajstić information content (AvgIpc) is 3.23. The highest BCUT2D eigenvalue weighted by atomic mass is 16.5. The predicted molar refractivity (Wildman–Crippen MR) is 126 cm³/mol. The van der Waals surface area contributed by atoms with Crippen molar-refractivity contribution >= 4 is 33.4 Å². The van der Waals surface area contributed by atoms with Crippen LogP contribution < -0.4 is 16.2 Å². The Hall–Kier alpha value is -4.20. The van der Waals surface area contributed by atoms with Gasteiger partial charge in [0.2, 0.25) is 0 Å². The van der Waals surface area contributed by atoms with Crippen LogP contribution in [0.1, 0.15) is 31.0 Å². The van der Waals surface area contributed by atoms with E-state index in [4.69, 9.17) is 21.2 Å². The van der Waals surface area contributed by atoms with Gasteiger partial charge in [-0.2, -0.15) is 0 Å². The van der Waals surface area contributed by atoms with Crippen molar-refractivity contribution in [3.8, 4) is 16.9 Å². The van der Waals surface area contributed by atoms with Crippen LogP contribution in [0.25, 0.3) is 33.1 Å². The van der Waals surface area contributed by atoms with Crippen LogP contribution in [0.15, 0.2) is 55.2 Å². The van der Waals surface area contributed by atoms with Crippen molar-refractivity contribution < 1.29 is 4.74 Å². The standard InChI is InChI=1S/C24H23N7O/c1-13(2)20-7-19(25)17-4-3-16(6-21(17)31-20)32-11-14-5-15(9-27-8-14)18-10-28-23-22(18)29-12-30-24(23)26/h3-10,12-13,28H,11H2,1-2H3,(H2,25,31)(H2,26,29,30).